The van der Waals surface area contributed by atoms with E-state index in [1.54, 1.807) is 17.4 Å². The summed E-state index contributed by atoms with van der Waals surface area (Å²) in [5.41, 5.74) is 1.94. The number of rotatable bonds is 7. The van der Waals surface area contributed by atoms with Crippen LogP contribution in [0.2, 0.25) is 0 Å². The Hall–Kier alpha value is -2.19. The minimum absolute atomic E-state index is 0.0188. The molecule has 2 atom stereocenters. The summed E-state index contributed by atoms with van der Waals surface area (Å²) in [5.74, 6) is 0.455. The molecule has 0 saturated carbocycles. The van der Waals surface area contributed by atoms with Crippen molar-refractivity contribution in [3.63, 3.8) is 0 Å². The Morgan fingerprint density at radius 3 is 2.96 bits per heavy atom. The molecule has 0 aliphatic carbocycles. The third kappa shape index (κ3) is 4.70. The lowest BCUT2D eigenvalue weighted by Gasteiger charge is -2.22. The van der Waals surface area contributed by atoms with E-state index in [2.05, 4.69) is 32.1 Å². The second-order valence-corrected chi connectivity index (χ2v) is 7.36. The number of nitrogens with one attached hydrogen (secondary N) is 2. The minimum Gasteiger partial charge on any atom is -0.361 e. The Morgan fingerprint density at radius 2 is 2.31 bits per heavy atom. The Balaban J connectivity index is 1.61. The number of aromatic nitrogens is 1. The van der Waals surface area contributed by atoms with Gasteiger partial charge < -0.3 is 15.2 Å². The summed E-state index contributed by atoms with van der Waals surface area (Å²) in [6, 6.07) is 3.54. The minimum atomic E-state index is -0.229. The summed E-state index contributed by atoms with van der Waals surface area (Å²) in [5, 5.41) is 13.8. The van der Waals surface area contributed by atoms with Crippen LogP contribution in [0.5, 0.6) is 0 Å². The highest BCUT2D eigenvalue weighted by molar-refractivity contribution is 7.07. The van der Waals surface area contributed by atoms with Gasteiger partial charge in [0.2, 0.25) is 11.8 Å². The molecule has 1 fully saturated rings. The van der Waals surface area contributed by atoms with Crippen LogP contribution in [0, 0.1) is 6.92 Å². The van der Waals surface area contributed by atoms with Crippen molar-refractivity contribution < 1.29 is 14.1 Å². The first-order chi connectivity index (χ1) is 12.5. The quantitative estimate of drug-likeness (QED) is 0.764. The van der Waals surface area contributed by atoms with Gasteiger partial charge in [0, 0.05) is 31.7 Å². The molecule has 3 heterocycles. The Bertz CT molecular complexity index is 743. The number of amides is 2. The molecule has 26 heavy (non-hydrogen) atoms. The molecular formula is C18H24N4O3S. The van der Waals surface area contributed by atoms with Crippen molar-refractivity contribution in [1.29, 1.82) is 0 Å². The predicted molar refractivity (Wildman–Crippen MR) is 98.7 cm³/mol. The van der Waals surface area contributed by atoms with Gasteiger partial charge in [0.1, 0.15) is 5.76 Å². The van der Waals surface area contributed by atoms with Crippen LogP contribution in [0.15, 0.2) is 27.4 Å². The number of likely N-dealkylation sites (N-methyl/N-ethyl adjacent to an activating group) is 1. The lowest BCUT2D eigenvalue weighted by atomic mass is 10.1. The number of likely N-dealkylation sites (tertiary alicyclic amines) is 1. The van der Waals surface area contributed by atoms with Gasteiger partial charge in [0.15, 0.2) is 0 Å². The molecule has 140 valence electrons. The Kier molecular flexibility index (Phi) is 6.05. The average Bonchev–Trinajstić information content (AvgIpc) is 3.31. The molecule has 0 unspecified atom stereocenters. The largest absolute Gasteiger partial charge is 0.361 e. The Labute approximate surface area is 156 Å². The third-order valence-electron chi connectivity index (χ3n) is 4.40. The van der Waals surface area contributed by atoms with Crippen molar-refractivity contribution in [2.24, 2.45) is 0 Å². The van der Waals surface area contributed by atoms with Crippen molar-refractivity contribution in [2.45, 2.75) is 45.3 Å². The molecule has 0 aromatic carbocycles. The van der Waals surface area contributed by atoms with Crippen molar-refractivity contribution in [3.8, 4) is 0 Å². The van der Waals surface area contributed by atoms with E-state index in [1.807, 2.05) is 19.2 Å². The molecule has 3 rings (SSSR count). The van der Waals surface area contributed by atoms with Crippen LogP contribution in [-0.4, -0.2) is 47.0 Å². The maximum atomic E-state index is 12.4. The highest BCUT2D eigenvalue weighted by Crippen LogP contribution is 2.22. The van der Waals surface area contributed by atoms with Crippen LogP contribution in [0.4, 0.5) is 0 Å². The highest BCUT2D eigenvalue weighted by atomic mass is 32.1. The second kappa shape index (κ2) is 8.46. The van der Waals surface area contributed by atoms with Gasteiger partial charge in [-0.25, -0.2) is 0 Å². The van der Waals surface area contributed by atoms with Crippen LogP contribution >= 0.6 is 11.3 Å². The van der Waals surface area contributed by atoms with Gasteiger partial charge in [-0.1, -0.05) is 5.16 Å². The fourth-order valence-corrected chi connectivity index (χ4v) is 3.96. The first kappa shape index (κ1) is 18.6. The molecule has 0 spiro atoms. The smallest absolute Gasteiger partial charge is 0.237 e. The average molecular weight is 376 g/mol. The molecule has 8 heteroatoms. The third-order valence-corrected chi connectivity index (χ3v) is 5.13. The zero-order valence-electron chi connectivity index (χ0n) is 15.0. The topological polar surface area (TPSA) is 87.5 Å². The molecule has 0 bridgehead atoms. The lowest BCUT2D eigenvalue weighted by molar-refractivity contribution is -0.125. The molecule has 1 aliphatic rings. The summed E-state index contributed by atoms with van der Waals surface area (Å²) in [4.78, 5) is 26.8. The SMILES string of the molecule is CCNC(=O)[C@@H]1C[C@@H](NC(=O)Cc2cc(C)no2)CN1Cc1ccsc1. The maximum absolute atomic E-state index is 12.4. The molecule has 1 aliphatic heterocycles. The Morgan fingerprint density at radius 1 is 1.46 bits per heavy atom. The fraction of sp³-hybridized carbons (Fsp3) is 0.500. The molecule has 2 aromatic heterocycles. The van der Waals surface area contributed by atoms with E-state index in [1.165, 1.54) is 5.56 Å². The molecule has 2 amide bonds. The van der Waals surface area contributed by atoms with E-state index in [0.29, 0.717) is 31.8 Å². The summed E-state index contributed by atoms with van der Waals surface area (Å²) in [6.45, 7) is 5.69. The zero-order chi connectivity index (χ0) is 18.5. The number of hydrogen-bond acceptors (Lipinski definition) is 6. The first-order valence-corrected chi connectivity index (χ1v) is 9.73. The molecule has 1 saturated heterocycles. The zero-order valence-corrected chi connectivity index (χ0v) is 15.8. The van der Waals surface area contributed by atoms with E-state index >= 15 is 0 Å². The fourth-order valence-electron chi connectivity index (χ4n) is 3.30. The molecule has 0 radical (unpaired) electrons. The van der Waals surface area contributed by atoms with Gasteiger partial charge in [0.25, 0.3) is 0 Å². The number of carbonyl (C=O) groups excluding carboxylic acids is 2. The van der Waals surface area contributed by atoms with Gasteiger partial charge in [-0.3, -0.25) is 14.5 Å². The summed E-state index contributed by atoms with van der Waals surface area (Å²) in [6.07, 6.45) is 0.769. The van der Waals surface area contributed by atoms with E-state index in [4.69, 9.17) is 4.52 Å². The van der Waals surface area contributed by atoms with Crippen LogP contribution < -0.4 is 10.6 Å². The highest BCUT2D eigenvalue weighted by Gasteiger charge is 2.37. The van der Waals surface area contributed by atoms with Crippen LogP contribution in [0.3, 0.4) is 0 Å². The van der Waals surface area contributed by atoms with Crippen LogP contribution in [-0.2, 0) is 22.6 Å². The number of thiophene rings is 1. The van der Waals surface area contributed by atoms with Gasteiger partial charge in [0.05, 0.1) is 18.2 Å². The number of hydrogen-bond donors (Lipinski definition) is 2. The number of aryl methyl sites for hydroxylation is 1. The molecule has 2 N–H and O–H groups in total. The molecular weight excluding hydrogens is 352 g/mol. The monoisotopic (exact) mass is 376 g/mol. The van der Waals surface area contributed by atoms with Gasteiger partial charge in [-0.05, 0) is 42.7 Å². The van der Waals surface area contributed by atoms with Crippen molar-refractivity contribution in [1.82, 2.24) is 20.7 Å². The van der Waals surface area contributed by atoms with Crippen molar-refractivity contribution in [3.05, 3.63) is 39.9 Å². The summed E-state index contributed by atoms with van der Waals surface area (Å²) < 4.78 is 5.10. The lowest BCUT2D eigenvalue weighted by Crippen LogP contribution is -2.42. The van der Waals surface area contributed by atoms with E-state index in [9.17, 15) is 9.59 Å². The van der Waals surface area contributed by atoms with Gasteiger partial charge in [-0.15, -0.1) is 0 Å². The van der Waals surface area contributed by atoms with E-state index < -0.39 is 0 Å². The second-order valence-electron chi connectivity index (χ2n) is 6.58. The van der Waals surface area contributed by atoms with Crippen molar-refractivity contribution in [2.75, 3.05) is 13.1 Å². The molecule has 2 aromatic rings. The summed E-state index contributed by atoms with van der Waals surface area (Å²) in [7, 11) is 0. The number of nitrogens with zero attached hydrogens (tertiary/aromatic N) is 2. The first-order valence-electron chi connectivity index (χ1n) is 8.79. The van der Waals surface area contributed by atoms with Crippen molar-refractivity contribution >= 4 is 23.2 Å². The predicted octanol–water partition coefficient (Wildman–Crippen LogP) is 1.48. The van der Waals surface area contributed by atoms with Crippen LogP contribution in [0.25, 0.3) is 0 Å². The number of carbonyl (C=O) groups is 2. The normalized spacial score (nSPS) is 20.2. The molecule has 7 nitrogen and oxygen atoms in total. The van der Waals surface area contributed by atoms with E-state index in [0.717, 1.165) is 5.69 Å². The van der Waals surface area contributed by atoms with Crippen LogP contribution in [0.1, 0.15) is 30.4 Å². The summed E-state index contributed by atoms with van der Waals surface area (Å²) >= 11 is 1.64. The van der Waals surface area contributed by atoms with Gasteiger partial charge in [-0.2, -0.15) is 11.3 Å². The van der Waals surface area contributed by atoms with Gasteiger partial charge >= 0.3 is 0 Å². The standard InChI is InChI=1S/C18H24N4O3S/c1-3-19-18(24)16-7-14(10-22(16)9-13-4-5-26-11-13)20-17(23)8-15-6-12(2)21-25-15/h4-6,11,14,16H,3,7-10H2,1-2H3,(H,19,24)(H,20,23)/t14-,16+/m1/s1. The maximum Gasteiger partial charge on any atom is 0.237 e. The van der Waals surface area contributed by atoms with E-state index in [-0.39, 0.29) is 30.3 Å².